The normalized spacial score (nSPS) is 19.5. The van der Waals surface area contributed by atoms with Crippen LogP contribution in [0.5, 0.6) is 0 Å². The lowest BCUT2D eigenvalue weighted by Crippen LogP contribution is -2.32. The summed E-state index contributed by atoms with van der Waals surface area (Å²) < 4.78 is 2.29. The minimum atomic E-state index is -0.0987. The lowest BCUT2D eigenvalue weighted by molar-refractivity contribution is -0.578. The molecule has 0 spiro atoms. The van der Waals surface area contributed by atoms with Gasteiger partial charge in [0.1, 0.15) is 0 Å². The number of benzene rings is 2. The third-order valence-corrected chi connectivity index (χ3v) is 7.28. The maximum atomic E-state index is 3.59. The van der Waals surface area contributed by atoms with Crippen molar-refractivity contribution in [3.63, 3.8) is 0 Å². The van der Waals surface area contributed by atoms with Gasteiger partial charge >= 0.3 is 0 Å². The van der Waals surface area contributed by atoms with E-state index >= 15 is 0 Å². The molecule has 0 aliphatic heterocycles. The zero-order chi connectivity index (χ0) is 23.2. The van der Waals surface area contributed by atoms with Crippen molar-refractivity contribution in [2.75, 3.05) is 5.32 Å². The van der Waals surface area contributed by atoms with Crippen molar-refractivity contribution in [2.45, 2.75) is 52.9 Å². The highest BCUT2D eigenvalue weighted by Gasteiger charge is 2.39. The molecule has 0 radical (unpaired) electrons. The van der Waals surface area contributed by atoms with E-state index < -0.39 is 0 Å². The minimum Gasteiger partial charge on any atom is -0.361 e. The highest BCUT2D eigenvalue weighted by molar-refractivity contribution is 5.99. The van der Waals surface area contributed by atoms with Crippen LogP contribution in [-0.4, -0.2) is 0 Å². The van der Waals surface area contributed by atoms with Crippen LogP contribution in [0.1, 0.15) is 57.2 Å². The molecule has 2 heteroatoms. The highest BCUT2D eigenvalue weighted by Crippen LogP contribution is 2.51. The molecule has 0 saturated carbocycles. The molecule has 0 unspecified atom stereocenters. The first-order valence-electron chi connectivity index (χ1n) is 12.0. The lowest BCUT2D eigenvalue weighted by atomic mass is 9.80. The van der Waals surface area contributed by atoms with Crippen molar-refractivity contribution >= 4 is 27.7 Å². The first-order chi connectivity index (χ1) is 15.9. The molecule has 1 heterocycles. The Bertz CT molecular complexity index is 1380. The van der Waals surface area contributed by atoms with Crippen LogP contribution in [0.25, 0.3) is 22.0 Å². The van der Waals surface area contributed by atoms with Crippen LogP contribution < -0.4 is 9.88 Å². The van der Waals surface area contributed by atoms with Crippen molar-refractivity contribution in [1.29, 1.82) is 0 Å². The number of anilines is 1. The van der Waals surface area contributed by atoms with Gasteiger partial charge < -0.3 is 5.32 Å². The number of nitrogens with one attached hydrogen (secondary N) is 1. The van der Waals surface area contributed by atoms with Crippen LogP contribution in [0.4, 0.5) is 5.69 Å². The Morgan fingerprint density at radius 3 is 2.52 bits per heavy atom. The van der Waals surface area contributed by atoms with E-state index in [-0.39, 0.29) is 5.41 Å². The molecule has 1 aromatic heterocycles. The summed E-state index contributed by atoms with van der Waals surface area (Å²) in [4.78, 5) is 0. The van der Waals surface area contributed by atoms with E-state index in [9.17, 15) is 0 Å². The summed E-state index contributed by atoms with van der Waals surface area (Å²) in [6, 6.07) is 15.4. The van der Waals surface area contributed by atoms with Crippen LogP contribution in [0.15, 0.2) is 90.4 Å². The Balaban J connectivity index is 1.61. The van der Waals surface area contributed by atoms with Gasteiger partial charge in [-0.3, -0.25) is 0 Å². The molecule has 1 N–H and O–H groups in total. The second-order valence-electron chi connectivity index (χ2n) is 9.74. The molecule has 5 rings (SSSR count). The molecule has 0 bridgehead atoms. The van der Waals surface area contributed by atoms with Crippen LogP contribution in [0, 0.1) is 6.92 Å². The quantitative estimate of drug-likeness (QED) is 0.418. The average Bonchev–Trinajstić information content (AvgIpc) is 3.04. The van der Waals surface area contributed by atoms with Gasteiger partial charge in [0.15, 0.2) is 12.4 Å². The zero-order valence-corrected chi connectivity index (χ0v) is 20.4. The molecule has 3 aromatic rings. The fraction of sp³-hybridized carbons (Fsp3) is 0.258. The third kappa shape index (κ3) is 3.54. The van der Waals surface area contributed by atoms with Crippen molar-refractivity contribution in [2.24, 2.45) is 0 Å². The van der Waals surface area contributed by atoms with Crippen molar-refractivity contribution in [3.8, 4) is 0 Å². The lowest BCUT2D eigenvalue weighted by Gasteiger charge is -2.23. The summed E-state index contributed by atoms with van der Waals surface area (Å²) in [6.45, 7) is 11.2. The monoisotopic (exact) mass is 433 g/mol. The number of hydrogen-bond donors (Lipinski definition) is 1. The first kappa shape index (κ1) is 21.5. The molecule has 0 atom stereocenters. The fourth-order valence-electron chi connectivity index (χ4n) is 5.49. The molecule has 2 aliphatic rings. The van der Waals surface area contributed by atoms with E-state index in [2.05, 4.69) is 124 Å². The molecule has 0 amide bonds. The number of aryl methyl sites for hydroxylation is 1. The molecular weight excluding hydrogens is 400 g/mol. The number of nitrogens with zero attached hydrogens (tertiary/aromatic N) is 1. The first-order valence-corrected chi connectivity index (χ1v) is 12.0. The summed E-state index contributed by atoms with van der Waals surface area (Å²) >= 11 is 0. The predicted molar refractivity (Wildman–Crippen MR) is 141 cm³/mol. The Labute approximate surface area is 197 Å². The van der Waals surface area contributed by atoms with Crippen molar-refractivity contribution in [3.05, 3.63) is 107 Å². The van der Waals surface area contributed by atoms with Gasteiger partial charge in [0, 0.05) is 34.3 Å². The summed E-state index contributed by atoms with van der Waals surface area (Å²) in [5.74, 6) is 0. The molecule has 33 heavy (non-hydrogen) atoms. The van der Waals surface area contributed by atoms with E-state index in [4.69, 9.17) is 0 Å². The zero-order valence-electron chi connectivity index (χ0n) is 20.4. The highest BCUT2D eigenvalue weighted by atomic mass is 14.9. The SMILES string of the molecule is CC=C1/C(=C\Nc2ccccc2C)C(C)(C)c2c1ccc1c[n+](C3=CCCC=C3C)ccc21. The summed E-state index contributed by atoms with van der Waals surface area (Å²) in [5, 5.41) is 6.22. The van der Waals surface area contributed by atoms with Gasteiger partial charge in [0.2, 0.25) is 5.70 Å². The molecule has 0 fully saturated rings. The van der Waals surface area contributed by atoms with Gasteiger partial charge in [-0.15, -0.1) is 0 Å². The third-order valence-electron chi connectivity index (χ3n) is 7.28. The van der Waals surface area contributed by atoms with Gasteiger partial charge in [-0.1, -0.05) is 50.3 Å². The van der Waals surface area contributed by atoms with Gasteiger partial charge in [-0.25, -0.2) is 0 Å². The second kappa shape index (κ2) is 8.19. The van der Waals surface area contributed by atoms with Crippen LogP contribution in [-0.2, 0) is 5.41 Å². The van der Waals surface area contributed by atoms with Crippen LogP contribution in [0.3, 0.4) is 0 Å². The summed E-state index contributed by atoms with van der Waals surface area (Å²) in [6.07, 6.45) is 16.0. The number of allylic oxidation sites excluding steroid dienone is 7. The number of rotatable bonds is 3. The maximum absolute atomic E-state index is 3.59. The topological polar surface area (TPSA) is 15.9 Å². The largest absolute Gasteiger partial charge is 0.361 e. The fourth-order valence-corrected chi connectivity index (χ4v) is 5.49. The molecule has 2 aliphatic carbocycles. The molecule has 166 valence electrons. The van der Waals surface area contributed by atoms with Gasteiger partial charge in [-0.2, -0.15) is 4.57 Å². The van der Waals surface area contributed by atoms with E-state index in [1.54, 1.807) is 0 Å². The molecule has 2 aromatic carbocycles. The predicted octanol–water partition coefficient (Wildman–Crippen LogP) is 7.71. The van der Waals surface area contributed by atoms with Gasteiger partial charge in [-0.05, 0) is 85.0 Å². The average molecular weight is 434 g/mol. The smallest absolute Gasteiger partial charge is 0.209 e. The van der Waals surface area contributed by atoms with Crippen LogP contribution >= 0.6 is 0 Å². The molecular formula is C31H33N2+. The Morgan fingerprint density at radius 2 is 1.76 bits per heavy atom. The number of fused-ring (bicyclic) bond motifs is 3. The maximum Gasteiger partial charge on any atom is 0.209 e. The van der Waals surface area contributed by atoms with Crippen molar-refractivity contribution < 1.29 is 4.57 Å². The molecule has 2 nitrogen and oxygen atoms in total. The summed E-state index contributed by atoms with van der Waals surface area (Å²) in [7, 11) is 0. The van der Waals surface area contributed by atoms with E-state index in [1.807, 2.05) is 0 Å². The number of para-hydroxylation sites is 1. The Hall–Kier alpha value is -3.39. The van der Waals surface area contributed by atoms with Crippen LogP contribution in [0.2, 0.25) is 0 Å². The Morgan fingerprint density at radius 1 is 0.970 bits per heavy atom. The van der Waals surface area contributed by atoms with E-state index in [0.29, 0.717) is 0 Å². The van der Waals surface area contributed by atoms with E-state index in [1.165, 1.54) is 49.9 Å². The van der Waals surface area contributed by atoms with Crippen molar-refractivity contribution in [1.82, 2.24) is 0 Å². The second-order valence-corrected chi connectivity index (χ2v) is 9.74. The number of hydrogen-bond acceptors (Lipinski definition) is 1. The number of pyridine rings is 1. The van der Waals surface area contributed by atoms with Gasteiger partial charge in [0.05, 0.1) is 0 Å². The standard InChI is InChI=1S/C31H33N2/c1-6-24-26-16-15-23-20-33(29-14-10-8-12-22(29)3)18-17-25(23)30(26)31(4,5)27(24)19-32-28-13-9-7-11-21(28)2/h6-7,9,11-20,32H,8,10H2,1-5H3/q+1/b24-6?,27-19+. The summed E-state index contributed by atoms with van der Waals surface area (Å²) in [5.41, 5.74) is 10.4. The number of aromatic nitrogens is 1. The van der Waals surface area contributed by atoms with Gasteiger partial charge in [0.25, 0.3) is 0 Å². The van der Waals surface area contributed by atoms with E-state index in [0.717, 1.165) is 18.5 Å². The molecule has 0 saturated heterocycles. The Kier molecular flexibility index (Phi) is 5.32. The minimum absolute atomic E-state index is 0.0987.